The zero-order valence-electron chi connectivity index (χ0n) is 37.8. The molecule has 2 aromatic carbocycles. The largest absolute Gasteiger partial charge is 0.497 e. The smallest absolute Gasteiger partial charge is 0.330 e. The Morgan fingerprint density at radius 2 is 1.59 bits per heavy atom. The molecule has 0 saturated heterocycles. The first-order chi connectivity index (χ1) is 27.4. The van der Waals surface area contributed by atoms with Crippen LogP contribution in [-0.4, -0.2) is 86.5 Å². The summed E-state index contributed by atoms with van der Waals surface area (Å²) in [4.78, 5) is 24.9. The lowest BCUT2D eigenvalue weighted by atomic mass is 9.76. The molecule has 0 aliphatic heterocycles. The highest BCUT2D eigenvalue weighted by molar-refractivity contribution is 6.74. The second-order valence-corrected chi connectivity index (χ2v) is 21.7. The van der Waals surface area contributed by atoms with Crippen LogP contribution in [0.25, 0.3) is 0 Å². The molecule has 0 unspecified atom stereocenters. The van der Waals surface area contributed by atoms with Crippen LogP contribution in [0.1, 0.15) is 97.8 Å². The number of benzene rings is 2. The van der Waals surface area contributed by atoms with Crippen LogP contribution in [0.5, 0.6) is 5.75 Å². The van der Waals surface area contributed by atoms with Gasteiger partial charge in [0.1, 0.15) is 18.6 Å². The Hall–Kier alpha value is -3.32. The third kappa shape index (κ3) is 17.5. The summed E-state index contributed by atoms with van der Waals surface area (Å²) in [5.74, 6) is 0.273. The SMILES string of the molecule is CCC(=O)O[C@@H](C[C@@H](C[C@H](OCc1ccc(OC)cc1)/C(C)=C\[C@@H](CC)COCOCCOC)O[Si](C)(C)C(C)(C)C)C(C)(C)c1cccc(C/C=C/C(=O)OC)c1. The number of ether oxygens (including phenoxy) is 7. The van der Waals surface area contributed by atoms with Gasteiger partial charge < -0.3 is 37.6 Å². The highest BCUT2D eigenvalue weighted by Gasteiger charge is 2.43. The molecule has 10 nitrogen and oxygen atoms in total. The maximum Gasteiger partial charge on any atom is 0.330 e. The van der Waals surface area contributed by atoms with Gasteiger partial charge in [-0.15, -0.1) is 0 Å². The summed E-state index contributed by atoms with van der Waals surface area (Å²) in [5.41, 5.74) is 3.58. The molecule has 0 bridgehead atoms. The average Bonchev–Trinajstić information content (AvgIpc) is 3.19. The molecule has 0 aromatic heterocycles. The topological polar surface area (TPSA) is 108 Å². The first-order valence-corrected chi connectivity index (χ1v) is 23.6. The van der Waals surface area contributed by atoms with Gasteiger partial charge in [-0.05, 0) is 72.3 Å². The fraction of sp³-hybridized carbons (Fsp3) is 0.617. The van der Waals surface area contributed by atoms with E-state index in [1.54, 1.807) is 20.3 Å². The van der Waals surface area contributed by atoms with Crippen molar-refractivity contribution in [1.29, 1.82) is 0 Å². The monoisotopic (exact) mass is 827 g/mol. The number of allylic oxidation sites excluding steroid dienone is 1. The standard InChI is InChI=1S/C47H74O10Si/c1-14-36(32-54-34-53-27-26-50-9)28-35(3)42(55-33-38-22-24-40(51-10)25-23-38)30-41(57-58(12,13)46(4,5)6)31-43(56-44(48)15-2)47(7,8)39-20-16-18-37(29-39)19-17-21-45(49)52-11/h16-18,20-25,28-29,36,41-43H,14-15,19,26-27,30-34H2,1-13H3/b21-17+,35-28-/t36-,41-,42+,43+/m1/s1. The van der Waals surface area contributed by atoms with E-state index in [1.165, 1.54) is 13.2 Å². The van der Waals surface area contributed by atoms with Gasteiger partial charge in [-0.25, -0.2) is 4.79 Å². The molecule has 326 valence electrons. The number of esters is 2. The van der Waals surface area contributed by atoms with Gasteiger partial charge in [0.15, 0.2) is 8.32 Å². The lowest BCUT2D eigenvalue weighted by Gasteiger charge is -2.43. The molecule has 2 aromatic rings. The van der Waals surface area contributed by atoms with Gasteiger partial charge in [-0.2, -0.15) is 0 Å². The van der Waals surface area contributed by atoms with E-state index < -0.39 is 25.8 Å². The van der Waals surface area contributed by atoms with Gasteiger partial charge >= 0.3 is 11.9 Å². The molecule has 0 amide bonds. The van der Waals surface area contributed by atoms with Crippen molar-refractivity contribution >= 4 is 20.3 Å². The van der Waals surface area contributed by atoms with Crippen molar-refractivity contribution in [3.05, 3.63) is 89.0 Å². The minimum atomic E-state index is -2.35. The first-order valence-electron chi connectivity index (χ1n) is 20.7. The van der Waals surface area contributed by atoms with Gasteiger partial charge in [0.2, 0.25) is 0 Å². The first kappa shape index (κ1) is 50.8. The highest BCUT2D eigenvalue weighted by atomic mass is 28.4. The average molecular weight is 827 g/mol. The maximum absolute atomic E-state index is 13.2. The van der Waals surface area contributed by atoms with Crippen LogP contribution in [0.15, 0.2) is 72.3 Å². The predicted molar refractivity (Wildman–Crippen MR) is 234 cm³/mol. The summed E-state index contributed by atoms with van der Waals surface area (Å²) in [5, 5.41) is -0.0668. The fourth-order valence-corrected chi connectivity index (χ4v) is 7.55. The number of carbonyl (C=O) groups excluding carboxylic acids is 2. The quantitative estimate of drug-likeness (QED) is 0.0216. The molecule has 0 heterocycles. The van der Waals surface area contributed by atoms with E-state index in [2.05, 4.69) is 79.8 Å². The van der Waals surface area contributed by atoms with Gasteiger partial charge in [0.25, 0.3) is 0 Å². The summed E-state index contributed by atoms with van der Waals surface area (Å²) < 4.78 is 47.2. The van der Waals surface area contributed by atoms with Crippen LogP contribution in [0, 0.1) is 5.92 Å². The van der Waals surface area contributed by atoms with Crippen LogP contribution in [0.2, 0.25) is 18.1 Å². The van der Waals surface area contributed by atoms with Crippen molar-refractivity contribution in [3.63, 3.8) is 0 Å². The molecule has 0 saturated carbocycles. The highest BCUT2D eigenvalue weighted by Crippen LogP contribution is 2.41. The van der Waals surface area contributed by atoms with E-state index in [1.807, 2.05) is 43.3 Å². The minimum absolute atomic E-state index is 0.0668. The Morgan fingerprint density at radius 3 is 2.19 bits per heavy atom. The maximum atomic E-state index is 13.2. The van der Waals surface area contributed by atoms with Gasteiger partial charge in [-0.3, -0.25) is 4.79 Å². The van der Waals surface area contributed by atoms with Crippen LogP contribution in [-0.2, 0) is 60.9 Å². The van der Waals surface area contributed by atoms with Crippen molar-refractivity contribution in [2.75, 3.05) is 47.9 Å². The molecule has 2 rings (SSSR count). The number of hydrogen-bond donors (Lipinski definition) is 0. The molecule has 11 heteroatoms. The molecule has 0 spiro atoms. The van der Waals surface area contributed by atoms with E-state index >= 15 is 0 Å². The Labute approximate surface area is 351 Å². The summed E-state index contributed by atoms with van der Waals surface area (Å²) >= 11 is 0. The Morgan fingerprint density at radius 1 is 0.879 bits per heavy atom. The zero-order chi connectivity index (χ0) is 43.4. The third-order valence-electron chi connectivity index (χ3n) is 11.1. The normalized spacial score (nSPS) is 14.9. The zero-order valence-corrected chi connectivity index (χ0v) is 38.8. The van der Waals surface area contributed by atoms with E-state index in [-0.39, 0.29) is 42.3 Å². The van der Waals surface area contributed by atoms with E-state index in [0.717, 1.165) is 34.4 Å². The molecular formula is C47H74O10Si. The molecule has 4 atom stereocenters. The Bertz CT molecular complexity index is 1560. The molecular weight excluding hydrogens is 753 g/mol. The van der Waals surface area contributed by atoms with Crippen molar-refractivity contribution in [1.82, 2.24) is 0 Å². The number of hydrogen-bond acceptors (Lipinski definition) is 10. The van der Waals surface area contributed by atoms with Crippen LogP contribution >= 0.6 is 0 Å². The Balaban J connectivity index is 2.59. The lowest BCUT2D eigenvalue weighted by Crippen LogP contribution is -2.48. The molecule has 0 aliphatic carbocycles. The minimum Gasteiger partial charge on any atom is -0.497 e. The molecule has 58 heavy (non-hydrogen) atoms. The second-order valence-electron chi connectivity index (χ2n) is 17.0. The molecule has 0 fully saturated rings. The summed E-state index contributed by atoms with van der Waals surface area (Å²) in [6.07, 6.45) is 7.07. The molecule has 0 N–H and O–H groups in total. The van der Waals surface area contributed by atoms with Crippen molar-refractivity contribution in [3.8, 4) is 5.75 Å². The van der Waals surface area contributed by atoms with Crippen LogP contribution < -0.4 is 4.74 Å². The number of methoxy groups -OCH3 is 3. The van der Waals surface area contributed by atoms with Crippen molar-refractivity contribution in [2.45, 2.75) is 136 Å². The van der Waals surface area contributed by atoms with Crippen molar-refractivity contribution in [2.24, 2.45) is 5.92 Å². The lowest BCUT2D eigenvalue weighted by molar-refractivity contribution is -0.154. The van der Waals surface area contributed by atoms with Crippen LogP contribution in [0.4, 0.5) is 0 Å². The predicted octanol–water partition coefficient (Wildman–Crippen LogP) is 9.93. The van der Waals surface area contributed by atoms with Crippen LogP contribution in [0.3, 0.4) is 0 Å². The van der Waals surface area contributed by atoms with E-state index in [0.29, 0.717) is 45.7 Å². The molecule has 0 aliphatic rings. The van der Waals surface area contributed by atoms with E-state index in [4.69, 9.17) is 37.6 Å². The third-order valence-corrected chi connectivity index (χ3v) is 15.7. The van der Waals surface area contributed by atoms with Crippen molar-refractivity contribution < 1.29 is 47.2 Å². The van der Waals surface area contributed by atoms with Gasteiger partial charge in [0, 0.05) is 43.8 Å². The second kappa shape index (κ2) is 25.3. The number of rotatable bonds is 27. The summed E-state index contributed by atoms with van der Waals surface area (Å²) in [6.45, 7) is 23.7. The Kier molecular flexibility index (Phi) is 22.2. The summed E-state index contributed by atoms with van der Waals surface area (Å²) in [7, 11) is 2.32. The van der Waals surface area contributed by atoms with Gasteiger partial charge in [0.05, 0.1) is 52.9 Å². The van der Waals surface area contributed by atoms with E-state index in [9.17, 15) is 9.59 Å². The number of carbonyl (C=O) groups is 2. The fourth-order valence-electron chi connectivity index (χ4n) is 6.17. The van der Waals surface area contributed by atoms with Gasteiger partial charge in [-0.1, -0.05) is 97.0 Å². The molecule has 0 radical (unpaired) electrons. The summed E-state index contributed by atoms with van der Waals surface area (Å²) in [6, 6.07) is 16.2.